The number of nitrogens with zero attached hydrogens (tertiary/aromatic N) is 3. The second-order valence-corrected chi connectivity index (χ2v) is 9.96. The van der Waals surface area contributed by atoms with Crippen molar-refractivity contribution in [3.05, 3.63) is 63.1 Å². The van der Waals surface area contributed by atoms with Gasteiger partial charge in [-0.25, -0.2) is 14.8 Å². The molecular formula is C25H31ClN6O3S. The largest absolute Gasteiger partial charge is 0.462 e. The van der Waals surface area contributed by atoms with Gasteiger partial charge in [0.05, 0.1) is 18.0 Å². The van der Waals surface area contributed by atoms with Gasteiger partial charge in [0, 0.05) is 31.7 Å². The van der Waals surface area contributed by atoms with Crippen LogP contribution in [0.4, 0.5) is 5.13 Å². The number of imidazole rings is 1. The van der Waals surface area contributed by atoms with Gasteiger partial charge in [0.25, 0.3) is 5.91 Å². The van der Waals surface area contributed by atoms with Crippen LogP contribution in [-0.4, -0.2) is 58.6 Å². The second-order valence-electron chi connectivity index (χ2n) is 8.63. The van der Waals surface area contributed by atoms with Crippen LogP contribution in [0.3, 0.4) is 0 Å². The highest BCUT2D eigenvalue weighted by molar-refractivity contribution is 7.17. The number of benzene rings is 1. The summed E-state index contributed by atoms with van der Waals surface area (Å²) in [5.74, 6) is -0.407. The monoisotopic (exact) mass is 530 g/mol. The molecule has 1 aliphatic rings. The number of amides is 1. The number of H-pyrrole nitrogens is 1. The number of ether oxygens (including phenoxy) is 1. The van der Waals surface area contributed by atoms with Crippen molar-refractivity contribution in [2.75, 3.05) is 24.6 Å². The fourth-order valence-corrected chi connectivity index (χ4v) is 5.48. The van der Waals surface area contributed by atoms with Crippen molar-refractivity contribution < 1.29 is 14.3 Å². The van der Waals surface area contributed by atoms with Gasteiger partial charge in [-0.3, -0.25) is 4.79 Å². The molecule has 0 aliphatic carbocycles. The van der Waals surface area contributed by atoms with Crippen LogP contribution in [0.2, 0.25) is 5.15 Å². The molecule has 1 saturated heterocycles. The number of carbonyl (C=O) groups excluding carboxylic acids is 2. The van der Waals surface area contributed by atoms with E-state index in [9.17, 15) is 9.59 Å². The summed E-state index contributed by atoms with van der Waals surface area (Å²) in [6, 6.07) is 9.93. The molecule has 9 nitrogen and oxygen atoms in total. The number of anilines is 1. The summed E-state index contributed by atoms with van der Waals surface area (Å²) in [5, 5.41) is 7.85. The molecule has 3 aromatic rings. The molecule has 1 amide bonds. The molecule has 2 atom stereocenters. The molecule has 4 rings (SSSR count). The molecule has 0 bridgehead atoms. The summed E-state index contributed by atoms with van der Waals surface area (Å²) in [7, 11) is 0. The Morgan fingerprint density at radius 3 is 2.69 bits per heavy atom. The van der Waals surface area contributed by atoms with Crippen LogP contribution in [0.25, 0.3) is 0 Å². The number of hydrogen-bond donors (Lipinski definition) is 3. The Hall–Kier alpha value is -2.95. The van der Waals surface area contributed by atoms with Crippen molar-refractivity contribution in [1.29, 1.82) is 0 Å². The number of thiazole rings is 1. The third-order valence-corrected chi connectivity index (χ3v) is 7.66. The Kier molecular flexibility index (Phi) is 8.60. The maximum absolute atomic E-state index is 13.0. The van der Waals surface area contributed by atoms with Gasteiger partial charge >= 0.3 is 5.97 Å². The van der Waals surface area contributed by atoms with Gasteiger partial charge in [0.1, 0.15) is 4.88 Å². The van der Waals surface area contributed by atoms with Gasteiger partial charge in [0.15, 0.2) is 16.1 Å². The van der Waals surface area contributed by atoms with E-state index in [1.807, 2.05) is 32.0 Å². The average Bonchev–Trinajstić information content (AvgIpc) is 3.46. The number of aryl methyl sites for hydroxylation is 2. The Balaban J connectivity index is 1.50. The van der Waals surface area contributed by atoms with Crippen LogP contribution in [-0.2, 0) is 17.7 Å². The molecule has 1 aromatic carbocycles. The normalized spacial score (nSPS) is 17.7. The third kappa shape index (κ3) is 6.05. The second kappa shape index (κ2) is 11.9. The van der Waals surface area contributed by atoms with Crippen LogP contribution >= 0.6 is 22.9 Å². The number of aromatic nitrogens is 3. The summed E-state index contributed by atoms with van der Waals surface area (Å²) < 4.78 is 5.17. The maximum Gasteiger partial charge on any atom is 0.350 e. The first-order valence-electron chi connectivity index (χ1n) is 12.1. The molecule has 1 fully saturated rings. The van der Waals surface area contributed by atoms with Crippen LogP contribution in [0.1, 0.15) is 57.5 Å². The molecular weight excluding hydrogens is 500 g/mol. The lowest BCUT2D eigenvalue weighted by atomic mass is 9.99. The fourth-order valence-electron chi connectivity index (χ4n) is 4.22. The van der Waals surface area contributed by atoms with E-state index in [0.29, 0.717) is 54.8 Å². The average molecular weight is 531 g/mol. The predicted octanol–water partition coefficient (Wildman–Crippen LogP) is 3.73. The lowest BCUT2D eigenvalue weighted by Gasteiger charge is -2.39. The quantitative estimate of drug-likeness (QED) is 0.361. The summed E-state index contributed by atoms with van der Waals surface area (Å²) in [6.45, 7) is 7.84. The highest BCUT2D eigenvalue weighted by atomic mass is 35.5. The first-order valence-corrected chi connectivity index (χ1v) is 13.3. The zero-order valence-electron chi connectivity index (χ0n) is 20.6. The van der Waals surface area contributed by atoms with Crippen molar-refractivity contribution >= 4 is 39.9 Å². The molecule has 0 radical (unpaired) electrons. The number of esters is 1. The summed E-state index contributed by atoms with van der Waals surface area (Å²) >= 11 is 7.49. The smallest absolute Gasteiger partial charge is 0.350 e. The topological polar surface area (TPSA) is 112 Å². The number of rotatable bonds is 9. The van der Waals surface area contributed by atoms with Crippen LogP contribution in [0.5, 0.6) is 0 Å². The van der Waals surface area contributed by atoms with Crippen molar-refractivity contribution in [3.63, 3.8) is 0 Å². The Morgan fingerprint density at radius 2 is 2.00 bits per heavy atom. The molecule has 192 valence electrons. The van der Waals surface area contributed by atoms with E-state index < -0.39 is 0 Å². The Labute approximate surface area is 219 Å². The predicted molar refractivity (Wildman–Crippen MR) is 141 cm³/mol. The third-order valence-electron chi connectivity index (χ3n) is 6.15. The minimum Gasteiger partial charge on any atom is -0.462 e. The van der Waals surface area contributed by atoms with E-state index in [2.05, 4.69) is 42.6 Å². The van der Waals surface area contributed by atoms with Crippen molar-refractivity contribution in [2.45, 2.75) is 52.2 Å². The van der Waals surface area contributed by atoms with Gasteiger partial charge < -0.3 is 25.3 Å². The molecule has 11 heteroatoms. The first kappa shape index (κ1) is 26.1. The molecule has 1 aliphatic heterocycles. The molecule has 2 aromatic heterocycles. The fraction of sp³-hybridized carbons (Fsp3) is 0.440. The minimum atomic E-state index is -0.344. The van der Waals surface area contributed by atoms with E-state index in [1.165, 1.54) is 11.3 Å². The molecule has 3 N–H and O–H groups in total. The molecule has 0 saturated carbocycles. The number of aromatic amines is 1. The number of hydrogen-bond acceptors (Lipinski definition) is 8. The van der Waals surface area contributed by atoms with Crippen LogP contribution in [0, 0.1) is 6.92 Å². The van der Waals surface area contributed by atoms with E-state index >= 15 is 0 Å². The highest BCUT2D eigenvalue weighted by Gasteiger charge is 2.33. The SMILES string of the molecule is CCOC(=O)c1sc(N2CC[C@H](NC(=O)c3nc(Cl)c(CC)[nH]3)[C@H](NCc3ccccc3)C2)nc1C. The number of halogens is 1. The standard InChI is InChI=1S/C25H31ClN6O3S/c1-4-17-21(26)31-22(29-17)23(33)30-18-11-12-32(14-19(18)27-13-16-9-7-6-8-10-16)25-28-15(3)20(36-25)24(34)35-5-2/h6-10,18-19,27H,4-5,11-14H2,1-3H3,(H,29,31)(H,30,33)/t18-,19+/m0/s1. The molecule has 0 spiro atoms. The van der Waals surface area contributed by atoms with Gasteiger partial charge in [0.2, 0.25) is 0 Å². The van der Waals surface area contributed by atoms with Crippen LogP contribution < -0.4 is 15.5 Å². The summed E-state index contributed by atoms with van der Waals surface area (Å²) in [6.07, 6.45) is 1.36. The summed E-state index contributed by atoms with van der Waals surface area (Å²) in [5.41, 5.74) is 2.56. The molecule has 0 unspecified atom stereocenters. The summed E-state index contributed by atoms with van der Waals surface area (Å²) in [4.78, 5) is 39.8. The maximum atomic E-state index is 13.0. The van der Waals surface area contributed by atoms with Gasteiger partial charge in [-0.1, -0.05) is 60.2 Å². The van der Waals surface area contributed by atoms with E-state index in [4.69, 9.17) is 16.3 Å². The zero-order chi connectivity index (χ0) is 25.7. The number of piperidine rings is 1. The zero-order valence-corrected chi connectivity index (χ0v) is 22.2. The van der Waals surface area contributed by atoms with E-state index in [0.717, 1.165) is 16.4 Å². The first-order chi connectivity index (χ1) is 17.4. The lowest BCUT2D eigenvalue weighted by Crippen LogP contribution is -2.59. The lowest BCUT2D eigenvalue weighted by molar-refractivity contribution is 0.0531. The van der Waals surface area contributed by atoms with E-state index in [-0.39, 0.29) is 29.8 Å². The number of nitrogens with one attached hydrogen (secondary N) is 3. The minimum absolute atomic E-state index is 0.0609. The van der Waals surface area contributed by atoms with Crippen LogP contribution in [0.15, 0.2) is 30.3 Å². The Morgan fingerprint density at radius 1 is 1.22 bits per heavy atom. The van der Waals surface area contributed by atoms with Gasteiger partial charge in [-0.05, 0) is 32.3 Å². The Bertz CT molecular complexity index is 1200. The van der Waals surface area contributed by atoms with Gasteiger partial charge in [-0.2, -0.15) is 0 Å². The number of carbonyl (C=O) groups is 2. The van der Waals surface area contributed by atoms with Crippen molar-refractivity contribution in [3.8, 4) is 0 Å². The highest BCUT2D eigenvalue weighted by Crippen LogP contribution is 2.29. The van der Waals surface area contributed by atoms with Crippen molar-refractivity contribution in [2.24, 2.45) is 0 Å². The van der Waals surface area contributed by atoms with Gasteiger partial charge in [-0.15, -0.1) is 0 Å². The van der Waals surface area contributed by atoms with Crippen molar-refractivity contribution in [1.82, 2.24) is 25.6 Å². The molecule has 3 heterocycles. The van der Waals surface area contributed by atoms with E-state index in [1.54, 1.807) is 6.92 Å². The molecule has 36 heavy (non-hydrogen) atoms.